The van der Waals surface area contributed by atoms with Crippen molar-refractivity contribution in [1.29, 1.82) is 5.41 Å². The van der Waals surface area contributed by atoms with E-state index in [2.05, 4.69) is 15.6 Å². The number of nitrogens with zero attached hydrogens (tertiary/aromatic N) is 1. The SMILES string of the molecule is CNc1nc(OCC(=O)NC(C)c2ccc(OC)cc2)cc(C(F)(F)F)c1C(=N)c1ccccc1. The number of ether oxygens (including phenoxy) is 2. The first-order valence-corrected chi connectivity index (χ1v) is 10.6. The minimum atomic E-state index is -4.78. The molecule has 1 atom stereocenters. The van der Waals surface area contributed by atoms with Gasteiger partial charge in [0.05, 0.1) is 30.0 Å². The van der Waals surface area contributed by atoms with Crippen LogP contribution in [-0.2, 0) is 11.0 Å². The van der Waals surface area contributed by atoms with Gasteiger partial charge in [-0.25, -0.2) is 0 Å². The smallest absolute Gasteiger partial charge is 0.417 e. The fourth-order valence-electron chi connectivity index (χ4n) is 3.40. The summed E-state index contributed by atoms with van der Waals surface area (Å²) in [7, 11) is 2.95. The molecule has 2 aromatic carbocycles. The van der Waals surface area contributed by atoms with Gasteiger partial charge in [0.2, 0.25) is 5.88 Å². The summed E-state index contributed by atoms with van der Waals surface area (Å²) < 4.78 is 52.2. The van der Waals surface area contributed by atoms with Crippen LogP contribution in [0.5, 0.6) is 11.6 Å². The zero-order valence-electron chi connectivity index (χ0n) is 19.4. The Labute approximate surface area is 200 Å². The lowest BCUT2D eigenvalue weighted by atomic mass is 9.98. The first-order valence-electron chi connectivity index (χ1n) is 10.6. The third kappa shape index (κ3) is 6.28. The van der Waals surface area contributed by atoms with Gasteiger partial charge >= 0.3 is 6.18 Å². The molecule has 0 saturated carbocycles. The number of methoxy groups -OCH3 is 1. The summed E-state index contributed by atoms with van der Waals surface area (Å²) in [6, 6.07) is 15.5. The van der Waals surface area contributed by atoms with Crippen LogP contribution in [0, 0.1) is 5.41 Å². The van der Waals surface area contributed by atoms with Crippen LogP contribution in [0.15, 0.2) is 60.7 Å². The minimum Gasteiger partial charge on any atom is -0.497 e. The van der Waals surface area contributed by atoms with Crippen LogP contribution < -0.4 is 20.1 Å². The van der Waals surface area contributed by atoms with Crippen molar-refractivity contribution in [3.8, 4) is 11.6 Å². The fourth-order valence-corrected chi connectivity index (χ4v) is 3.40. The van der Waals surface area contributed by atoms with Gasteiger partial charge in [0, 0.05) is 18.7 Å². The quantitative estimate of drug-likeness (QED) is 0.377. The maximum absolute atomic E-state index is 13.9. The summed E-state index contributed by atoms with van der Waals surface area (Å²) in [5, 5.41) is 13.7. The molecule has 0 saturated heterocycles. The summed E-state index contributed by atoms with van der Waals surface area (Å²) in [6.45, 7) is 1.23. The standard InChI is InChI=1S/C25H25F3N4O3/c1-15(16-9-11-18(34-3)12-10-16)31-20(33)14-35-21-13-19(25(26,27)28)22(24(30-2)32-21)23(29)17-7-5-4-6-8-17/h4-13,15,29H,14H2,1-3H3,(H,30,32)(H,31,33). The monoisotopic (exact) mass is 486 g/mol. The predicted molar refractivity (Wildman–Crippen MR) is 126 cm³/mol. The van der Waals surface area contributed by atoms with Crippen LogP contribution in [0.3, 0.4) is 0 Å². The topological polar surface area (TPSA) is 96.3 Å². The van der Waals surface area contributed by atoms with E-state index >= 15 is 0 Å². The predicted octanol–water partition coefficient (Wildman–Crippen LogP) is 4.82. The number of carbonyl (C=O) groups is 1. The summed E-state index contributed by atoms with van der Waals surface area (Å²) >= 11 is 0. The number of benzene rings is 2. The molecule has 184 valence electrons. The Kier molecular flexibility index (Phi) is 7.95. The van der Waals surface area contributed by atoms with Gasteiger partial charge in [-0.1, -0.05) is 42.5 Å². The van der Waals surface area contributed by atoms with Gasteiger partial charge in [-0.3, -0.25) is 10.2 Å². The van der Waals surface area contributed by atoms with Crippen LogP contribution in [0.4, 0.5) is 19.0 Å². The third-order valence-electron chi connectivity index (χ3n) is 5.20. The summed E-state index contributed by atoms with van der Waals surface area (Å²) in [5.74, 6) is -0.434. The van der Waals surface area contributed by atoms with Crippen molar-refractivity contribution in [2.75, 3.05) is 26.1 Å². The lowest BCUT2D eigenvalue weighted by molar-refractivity contribution is -0.137. The van der Waals surface area contributed by atoms with Gasteiger partial charge in [0.1, 0.15) is 11.6 Å². The van der Waals surface area contributed by atoms with Crippen molar-refractivity contribution in [3.05, 3.63) is 82.9 Å². The third-order valence-corrected chi connectivity index (χ3v) is 5.20. The van der Waals surface area contributed by atoms with Gasteiger partial charge < -0.3 is 20.1 Å². The van der Waals surface area contributed by atoms with E-state index < -0.39 is 35.7 Å². The van der Waals surface area contributed by atoms with E-state index in [1.807, 2.05) is 0 Å². The number of anilines is 1. The number of hydrogen-bond donors (Lipinski definition) is 3. The molecular weight excluding hydrogens is 461 g/mol. The second-order valence-electron chi connectivity index (χ2n) is 7.57. The van der Waals surface area contributed by atoms with Crippen molar-refractivity contribution < 1.29 is 27.4 Å². The van der Waals surface area contributed by atoms with E-state index in [0.29, 0.717) is 17.4 Å². The maximum Gasteiger partial charge on any atom is 0.417 e. The highest BCUT2D eigenvalue weighted by Gasteiger charge is 2.37. The number of carbonyl (C=O) groups excluding carboxylic acids is 1. The average molecular weight is 486 g/mol. The Hall–Kier alpha value is -4.08. The van der Waals surface area contributed by atoms with Gasteiger partial charge in [-0.15, -0.1) is 0 Å². The first-order chi connectivity index (χ1) is 16.6. The molecule has 0 aliphatic rings. The lowest BCUT2D eigenvalue weighted by Gasteiger charge is -2.19. The number of amides is 1. The number of nitrogens with one attached hydrogen (secondary N) is 3. The van der Waals surface area contributed by atoms with E-state index in [4.69, 9.17) is 14.9 Å². The van der Waals surface area contributed by atoms with Crippen molar-refractivity contribution in [2.45, 2.75) is 19.1 Å². The molecule has 3 aromatic rings. The first kappa shape index (κ1) is 25.5. The molecule has 35 heavy (non-hydrogen) atoms. The zero-order valence-corrected chi connectivity index (χ0v) is 19.4. The van der Waals surface area contributed by atoms with Crippen molar-refractivity contribution in [1.82, 2.24) is 10.3 Å². The molecule has 10 heteroatoms. The average Bonchev–Trinajstić information content (AvgIpc) is 2.86. The highest BCUT2D eigenvalue weighted by molar-refractivity contribution is 6.14. The summed E-state index contributed by atoms with van der Waals surface area (Å²) in [5.41, 5.74) is -0.717. The maximum atomic E-state index is 13.9. The number of pyridine rings is 1. The molecule has 0 spiro atoms. The molecular formula is C25H25F3N4O3. The zero-order chi connectivity index (χ0) is 25.6. The Balaban J connectivity index is 1.79. The normalized spacial score (nSPS) is 11.9. The van der Waals surface area contributed by atoms with Crippen LogP contribution in [0.1, 0.15) is 35.2 Å². The molecule has 7 nitrogen and oxygen atoms in total. The molecule has 0 aliphatic carbocycles. The molecule has 3 N–H and O–H groups in total. The summed E-state index contributed by atoms with van der Waals surface area (Å²) in [4.78, 5) is 16.4. The number of hydrogen-bond acceptors (Lipinski definition) is 6. The number of aromatic nitrogens is 1. The molecule has 0 aliphatic heterocycles. The number of rotatable bonds is 9. The minimum absolute atomic E-state index is 0.185. The Bertz CT molecular complexity index is 1180. The Morgan fingerprint density at radius 1 is 1.11 bits per heavy atom. The second-order valence-corrected chi connectivity index (χ2v) is 7.57. The van der Waals surface area contributed by atoms with Crippen LogP contribution in [-0.4, -0.2) is 37.4 Å². The highest BCUT2D eigenvalue weighted by atomic mass is 19.4. The second kappa shape index (κ2) is 10.9. The van der Waals surface area contributed by atoms with Gasteiger partial charge in [-0.05, 0) is 24.6 Å². The van der Waals surface area contributed by atoms with Crippen LogP contribution in [0.25, 0.3) is 0 Å². The lowest BCUT2D eigenvalue weighted by Crippen LogP contribution is -2.31. The Morgan fingerprint density at radius 2 is 1.77 bits per heavy atom. The van der Waals surface area contributed by atoms with E-state index in [1.54, 1.807) is 68.6 Å². The van der Waals surface area contributed by atoms with E-state index in [9.17, 15) is 18.0 Å². The van der Waals surface area contributed by atoms with E-state index in [1.165, 1.54) is 7.05 Å². The number of halogens is 3. The Morgan fingerprint density at radius 3 is 2.34 bits per heavy atom. The highest BCUT2D eigenvalue weighted by Crippen LogP contribution is 2.37. The van der Waals surface area contributed by atoms with Gasteiger partial charge in [0.25, 0.3) is 5.91 Å². The molecule has 0 fully saturated rings. The molecule has 3 rings (SSSR count). The fraction of sp³-hybridized carbons (Fsp3) is 0.240. The molecule has 1 aromatic heterocycles. The molecule has 0 bridgehead atoms. The van der Waals surface area contributed by atoms with Crippen LogP contribution in [0.2, 0.25) is 0 Å². The van der Waals surface area contributed by atoms with E-state index in [0.717, 1.165) is 5.56 Å². The summed E-state index contributed by atoms with van der Waals surface area (Å²) in [6.07, 6.45) is -4.78. The van der Waals surface area contributed by atoms with Crippen LogP contribution >= 0.6 is 0 Å². The largest absolute Gasteiger partial charge is 0.497 e. The molecule has 1 heterocycles. The number of alkyl halides is 3. The van der Waals surface area contributed by atoms with E-state index in [-0.39, 0.29) is 17.6 Å². The van der Waals surface area contributed by atoms with Crippen molar-refractivity contribution >= 4 is 17.4 Å². The van der Waals surface area contributed by atoms with Gasteiger partial charge in [0.15, 0.2) is 6.61 Å². The molecule has 1 unspecified atom stereocenters. The molecule has 1 amide bonds. The van der Waals surface area contributed by atoms with Crippen molar-refractivity contribution in [3.63, 3.8) is 0 Å². The van der Waals surface area contributed by atoms with Crippen molar-refractivity contribution in [2.24, 2.45) is 0 Å². The molecule has 0 radical (unpaired) electrons. The van der Waals surface area contributed by atoms with Gasteiger partial charge in [-0.2, -0.15) is 18.2 Å².